The van der Waals surface area contributed by atoms with Gasteiger partial charge in [-0.05, 0) is 24.6 Å². The maximum absolute atomic E-state index is 11.0. The summed E-state index contributed by atoms with van der Waals surface area (Å²) < 4.78 is 8.07. The minimum Gasteiger partial charge on any atom is -0.439 e. The van der Waals surface area contributed by atoms with Crippen molar-refractivity contribution in [2.45, 2.75) is 13.3 Å². The molecule has 3 aromatic rings. The van der Waals surface area contributed by atoms with Crippen molar-refractivity contribution < 1.29 is 9.53 Å². The highest BCUT2D eigenvalue weighted by atomic mass is 79.9. The number of aryl methyl sites for hydroxylation is 1. The van der Waals surface area contributed by atoms with Crippen LogP contribution in [0, 0.1) is 0 Å². The first kappa shape index (κ1) is 13.7. The van der Waals surface area contributed by atoms with Crippen molar-refractivity contribution in [3.63, 3.8) is 0 Å². The maximum Gasteiger partial charge on any atom is 0.255 e. The van der Waals surface area contributed by atoms with Gasteiger partial charge < -0.3 is 4.74 Å². The second-order valence-corrected chi connectivity index (χ2v) is 5.17. The summed E-state index contributed by atoms with van der Waals surface area (Å²) in [7, 11) is 0. The molecule has 0 atom stereocenters. The third-order valence-electron chi connectivity index (χ3n) is 2.95. The van der Waals surface area contributed by atoms with Crippen LogP contribution in [0.15, 0.2) is 35.1 Å². The monoisotopic (exact) mass is 346 g/mol. The van der Waals surface area contributed by atoms with Gasteiger partial charge in [0.05, 0.1) is 0 Å². The van der Waals surface area contributed by atoms with Crippen molar-refractivity contribution in [3.8, 4) is 11.6 Å². The summed E-state index contributed by atoms with van der Waals surface area (Å²) in [5.74, 6) is 1.54. The number of hydrogen-bond acceptors (Lipinski definition) is 5. The van der Waals surface area contributed by atoms with Crippen LogP contribution >= 0.6 is 15.9 Å². The van der Waals surface area contributed by atoms with E-state index in [1.165, 1.54) is 10.8 Å². The Balaban J connectivity index is 2.04. The van der Waals surface area contributed by atoms with Gasteiger partial charge in [-0.2, -0.15) is 14.6 Å². The van der Waals surface area contributed by atoms with E-state index in [0.29, 0.717) is 23.0 Å². The number of aromatic nitrogens is 4. The standard InChI is InChI=1S/C14H11BrN4O2/c1-2-10-6-13(19-14(18-10)16-8-17-19)21-11-3-4-12(15)9(5-11)7-20/h3-8H,2H2,1H3. The lowest BCUT2D eigenvalue weighted by Crippen LogP contribution is -2.01. The van der Waals surface area contributed by atoms with E-state index < -0.39 is 0 Å². The number of rotatable bonds is 4. The van der Waals surface area contributed by atoms with Crippen LogP contribution in [0.2, 0.25) is 0 Å². The lowest BCUT2D eigenvalue weighted by Gasteiger charge is -2.09. The number of ether oxygens (including phenoxy) is 1. The zero-order valence-corrected chi connectivity index (χ0v) is 12.7. The Morgan fingerprint density at radius 3 is 3.00 bits per heavy atom. The summed E-state index contributed by atoms with van der Waals surface area (Å²) >= 11 is 3.31. The van der Waals surface area contributed by atoms with Crippen LogP contribution in [0.4, 0.5) is 0 Å². The van der Waals surface area contributed by atoms with Gasteiger partial charge in [0.25, 0.3) is 5.78 Å². The van der Waals surface area contributed by atoms with Crippen molar-refractivity contribution >= 4 is 28.0 Å². The molecule has 0 saturated carbocycles. The van der Waals surface area contributed by atoms with Gasteiger partial charge in [0, 0.05) is 21.8 Å². The van der Waals surface area contributed by atoms with Crippen molar-refractivity contribution in [1.82, 2.24) is 19.6 Å². The molecule has 0 amide bonds. The first-order valence-corrected chi connectivity index (χ1v) is 7.13. The van der Waals surface area contributed by atoms with Crippen molar-refractivity contribution in [1.29, 1.82) is 0 Å². The van der Waals surface area contributed by atoms with Gasteiger partial charge in [0.2, 0.25) is 5.88 Å². The summed E-state index contributed by atoms with van der Waals surface area (Å²) in [5, 5.41) is 4.09. The molecule has 2 aromatic heterocycles. The number of benzene rings is 1. The van der Waals surface area contributed by atoms with Crippen LogP contribution in [0.3, 0.4) is 0 Å². The average Bonchev–Trinajstić information content (AvgIpc) is 2.97. The molecule has 3 rings (SSSR count). The van der Waals surface area contributed by atoms with E-state index in [1.54, 1.807) is 18.2 Å². The van der Waals surface area contributed by atoms with Gasteiger partial charge in [-0.1, -0.05) is 22.9 Å². The Morgan fingerprint density at radius 1 is 1.38 bits per heavy atom. The van der Waals surface area contributed by atoms with E-state index in [1.807, 2.05) is 13.0 Å². The molecule has 0 aliphatic carbocycles. The van der Waals surface area contributed by atoms with Crippen molar-refractivity contribution in [2.24, 2.45) is 0 Å². The van der Waals surface area contributed by atoms with Gasteiger partial charge >= 0.3 is 0 Å². The normalized spacial score (nSPS) is 10.8. The van der Waals surface area contributed by atoms with E-state index in [2.05, 4.69) is 31.0 Å². The summed E-state index contributed by atoms with van der Waals surface area (Å²) in [4.78, 5) is 19.4. The molecule has 7 heteroatoms. The molecular formula is C14H11BrN4O2. The molecule has 0 aliphatic rings. The fourth-order valence-electron chi connectivity index (χ4n) is 1.88. The number of carbonyl (C=O) groups is 1. The second-order valence-electron chi connectivity index (χ2n) is 4.31. The Labute approximate surface area is 128 Å². The molecule has 6 nitrogen and oxygen atoms in total. The molecule has 0 bridgehead atoms. The fraction of sp³-hybridized carbons (Fsp3) is 0.143. The molecule has 0 saturated heterocycles. The molecule has 21 heavy (non-hydrogen) atoms. The number of fused-ring (bicyclic) bond motifs is 1. The molecule has 1 aromatic carbocycles. The molecule has 0 radical (unpaired) electrons. The fourth-order valence-corrected chi connectivity index (χ4v) is 2.22. The van der Waals surface area contributed by atoms with Gasteiger partial charge in [0.15, 0.2) is 6.29 Å². The van der Waals surface area contributed by atoms with Gasteiger partial charge in [0.1, 0.15) is 12.1 Å². The first-order chi connectivity index (χ1) is 10.2. The first-order valence-electron chi connectivity index (χ1n) is 6.33. The Morgan fingerprint density at radius 2 is 2.24 bits per heavy atom. The lowest BCUT2D eigenvalue weighted by atomic mass is 10.2. The van der Waals surface area contributed by atoms with E-state index in [-0.39, 0.29) is 0 Å². The van der Waals surface area contributed by atoms with Gasteiger partial charge in [-0.25, -0.2) is 4.98 Å². The van der Waals surface area contributed by atoms with Crippen LogP contribution in [0.25, 0.3) is 5.78 Å². The highest BCUT2D eigenvalue weighted by Crippen LogP contribution is 2.26. The Kier molecular flexibility index (Phi) is 3.66. The largest absolute Gasteiger partial charge is 0.439 e. The predicted molar refractivity (Wildman–Crippen MR) is 79.8 cm³/mol. The van der Waals surface area contributed by atoms with E-state index in [0.717, 1.165) is 22.9 Å². The molecule has 0 fully saturated rings. The third-order valence-corrected chi connectivity index (χ3v) is 3.67. The van der Waals surface area contributed by atoms with Crippen molar-refractivity contribution in [2.75, 3.05) is 0 Å². The van der Waals surface area contributed by atoms with Crippen LogP contribution < -0.4 is 4.74 Å². The Bertz CT molecular complexity index is 816. The molecular weight excluding hydrogens is 336 g/mol. The summed E-state index contributed by atoms with van der Waals surface area (Å²) in [5.41, 5.74) is 1.38. The topological polar surface area (TPSA) is 69.4 Å². The maximum atomic E-state index is 11.0. The van der Waals surface area contributed by atoms with E-state index in [9.17, 15) is 4.79 Å². The van der Waals surface area contributed by atoms with Crippen molar-refractivity contribution in [3.05, 3.63) is 46.3 Å². The van der Waals surface area contributed by atoms with Crippen LogP contribution in [0.1, 0.15) is 23.0 Å². The van der Waals surface area contributed by atoms with Gasteiger partial charge in [-0.3, -0.25) is 4.79 Å². The molecule has 0 spiro atoms. The molecule has 0 N–H and O–H groups in total. The van der Waals surface area contributed by atoms with Crippen LogP contribution in [-0.4, -0.2) is 25.9 Å². The molecule has 106 valence electrons. The molecule has 0 unspecified atom stereocenters. The number of halogens is 1. The number of hydrogen-bond donors (Lipinski definition) is 0. The van der Waals surface area contributed by atoms with Crippen LogP contribution in [0.5, 0.6) is 11.6 Å². The van der Waals surface area contributed by atoms with Crippen LogP contribution in [-0.2, 0) is 6.42 Å². The lowest BCUT2D eigenvalue weighted by molar-refractivity contribution is 0.112. The SMILES string of the molecule is CCc1cc(Oc2ccc(Br)c(C=O)c2)n2ncnc2n1. The predicted octanol–water partition coefficient (Wildman–Crippen LogP) is 3.05. The second kappa shape index (κ2) is 5.61. The summed E-state index contributed by atoms with van der Waals surface area (Å²) in [6.45, 7) is 2.00. The minimum atomic E-state index is 0.483. The molecule has 2 heterocycles. The highest BCUT2D eigenvalue weighted by Gasteiger charge is 2.10. The quantitative estimate of drug-likeness (QED) is 0.679. The Hall–Kier alpha value is -2.28. The third kappa shape index (κ3) is 2.64. The number of carbonyl (C=O) groups excluding carboxylic acids is 1. The summed E-state index contributed by atoms with van der Waals surface area (Å²) in [6.07, 6.45) is 2.96. The van der Waals surface area contributed by atoms with E-state index in [4.69, 9.17) is 4.74 Å². The average molecular weight is 347 g/mol. The smallest absolute Gasteiger partial charge is 0.255 e. The summed E-state index contributed by atoms with van der Waals surface area (Å²) in [6, 6.07) is 7.00. The van der Waals surface area contributed by atoms with E-state index >= 15 is 0 Å². The number of aldehydes is 1. The number of nitrogens with zero attached hydrogens (tertiary/aromatic N) is 4. The van der Waals surface area contributed by atoms with Gasteiger partial charge in [-0.15, -0.1) is 0 Å². The zero-order valence-electron chi connectivity index (χ0n) is 11.2. The minimum absolute atomic E-state index is 0.483. The highest BCUT2D eigenvalue weighted by molar-refractivity contribution is 9.10. The zero-order chi connectivity index (χ0) is 14.8. The molecule has 0 aliphatic heterocycles.